The van der Waals surface area contributed by atoms with E-state index < -0.39 is 0 Å². The van der Waals surface area contributed by atoms with Gasteiger partial charge in [0.2, 0.25) is 5.89 Å². The van der Waals surface area contributed by atoms with Gasteiger partial charge in [-0.1, -0.05) is 54.9 Å². The minimum atomic E-state index is -0.217. The first-order valence-electron chi connectivity index (χ1n) is 6.61. The fourth-order valence-electron chi connectivity index (χ4n) is 1.82. The smallest absolute Gasteiger partial charge is 0.276 e. The lowest BCUT2D eigenvalue weighted by atomic mass is 10.1. The molecule has 0 unspecified atom stereocenters. The molecule has 0 fully saturated rings. The lowest BCUT2D eigenvalue weighted by Gasteiger charge is -2.08. The zero-order valence-corrected chi connectivity index (χ0v) is 14.2. The average molecular weight is 346 g/mol. The van der Waals surface area contributed by atoms with Gasteiger partial charge < -0.3 is 10.2 Å². The number of benzene rings is 1. The number of aromatic nitrogens is 2. The summed E-state index contributed by atoms with van der Waals surface area (Å²) < 4.78 is 5.58. The van der Waals surface area contributed by atoms with Crippen molar-refractivity contribution in [2.24, 2.45) is 11.7 Å². The highest BCUT2D eigenvalue weighted by Crippen LogP contribution is 2.29. The fourth-order valence-corrected chi connectivity index (χ4v) is 3.14. The highest BCUT2D eigenvalue weighted by Gasteiger charge is 2.16. The average Bonchev–Trinajstić information content (AvgIpc) is 2.86. The summed E-state index contributed by atoms with van der Waals surface area (Å²) in [4.78, 5) is 0. The first-order chi connectivity index (χ1) is 9.95. The SMILES string of the molecule is CC(C)C[C@H](N)c1nnc(SCc2ccc(Cl)cc2Cl)o1. The standard InChI is InChI=1S/C14H17Cl2N3OS/c1-8(2)5-12(17)13-18-19-14(20-13)21-7-9-3-4-10(15)6-11(9)16/h3-4,6,8,12H,5,7,17H2,1-2H3/t12-/m0/s1. The van der Waals surface area contributed by atoms with Crippen molar-refractivity contribution in [1.29, 1.82) is 0 Å². The van der Waals surface area contributed by atoms with Gasteiger partial charge >= 0.3 is 0 Å². The van der Waals surface area contributed by atoms with Crippen LogP contribution in [0.4, 0.5) is 0 Å². The molecule has 2 rings (SSSR count). The molecule has 114 valence electrons. The molecule has 0 saturated carbocycles. The van der Waals surface area contributed by atoms with Gasteiger partial charge in [-0.05, 0) is 30.0 Å². The van der Waals surface area contributed by atoms with Crippen molar-refractivity contribution in [3.05, 3.63) is 39.7 Å². The Kier molecular flexibility index (Phi) is 5.93. The van der Waals surface area contributed by atoms with Crippen molar-refractivity contribution in [3.63, 3.8) is 0 Å². The number of hydrogen-bond donors (Lipinski definition) is 1. The summed E-state index contributed by atoms with van der Waals surface area (Å²) in [5.41, 5.74) is 6.99. The summed E-state index contributed by atoms with van der Waals surface area (Å²) in [5, 5.41) is 9.75. The van der Waals surface area contributed by atoms with Crippen LogP contribution < -0.4 is 5.73 Å². The molecule has 0 aliphatic rings. The second-order valence-corrected chi connectivity index (χ2v) is 6.94. The molecule has 0 bridgehead atoms. The molecule has 4 nitrogen and oxygen atoms in total. The summed E-state index contributed by atoms with van der Waals surface area (Å²) in [6.07, 6.45) is 0.815. The lowest BCUT2D eigenvalue weighted by Crippen LogP contribution is -2.13. The topological polar surface area (TPSA) is 64.9 Å². The van der Waals surface area contributed by atoms with Gasteiger partial charge in [-0.25, -0.2) is 0 Å². The third kappa shape index (κ3) is 4.88. The van der Waals surface area contributed by atoms with Gasteiger partial charge in [-0.15, -0.1) is 10.2 Å². The summed E-state index contributed by atoms with van der Waals surface area (Å²) in [6, 6.07) is 5.20. The summed E-state index contributed by atoms with van der Waals surface area (Å²) in [5.74, 6) is 1.60. The van der Waals surface area contributed by atoms with Crippen molar-refractivity contribution in [3.8, 4) is 0 Å². The molecule has 0 aliphatic heterocycles. The number of thioether (sulfide) groups is 1. The van der Waals surface area contributed by atoms with E-state index in [4.69, 9.17) is 33.4 Å². The molecule has 1 aromatic heterocycles. The second-order valence-electron chi connectivity index (χ2n) is 5.17. The van der Waals surface area contributed by atoms with E-state index in [1.165, 1.54) is 11.8 Å². The molecule has 0 saturated heterocycles. The second kappa shape index (κ2) is 7.49. The molecule has 1 atom stereocenters. The maximum Gasteiger partial charge on any atom is 0.276 e. The Morgan fingerprint density at radius 1 is 1.29 bits per heavy atom. The Bertz CT molecular complexity index is 604. The van der Waals surface area contributed by atoms with Crippen LogP contribution in [0.25, 0.3) is 0 Å². The highest BCUT2D eigenvalue weighted by atomic mass is 35.5. The Balaban J connectivity index is 1.96. The van der Waals surface area contributed by atoms with E-state index in [1.54, 1.807) is 12.1 Å². The molecule has 2 aromatic rings. The van der Waals surface area contributed by atoms with E-state index in [1.807, 2.05) is 6.07 Å². The van der Waals surface area contributed by atoms with Crippen LogP contribution in [0.1, 0.15) is 37.8 Å². The van der Waals surface area contributed by atoms with Crippen molar-refractivity contribution in [2.45, 2.75) is 37.3 Å². The normalized spacial score (nSPS) is 12.9. The molecule has 2 N–H and O–H groups in total. The Labute approximate surface area is 138 Å². The zero-order chi connectivity index (χ0) is 15.4. The molecule has 21 heavy (non-hydrogen) atoms. The fraction of sp³-hybridized carbons (Fsp3) is 0.429. The van der Waals surface area contributed by atoms with Crippen molar-refractivity contribution < 1.29 is 4.42 Å². The molecule has 0 spiro atoms. The number of rotatable bonds is 6. The van der Waals surface area contributed by atoms with E-state index in [-0.39, 0.29) is 6.04 Å². The molecular formula is C14H17Cl2N3OS. The van der Waals surface area contributed by atoms with Crippen molar-refractivity contribution in [2.75, 3.05) is 0 Å². The largest absolute Gasteiger partial charge is 0.414 e. The van der Waals surface area contributed by atoms with Crippen LogP contribution in [0.2, 0.25) is 10.0 Å². The van der Waals surface area contributed by atoms with Crippen LogP contribution in [0.3, 0.4) is 0 Å². The molecule has 0 radical (unpaired) electrons. The van der Waals surface area contributed by atoms with Crippen LogP contribution in [0.5, 0.6) is 0 Å². The van der Waals surface area contributed by atoms with Crippen LogP contribution in [0, 0.1) is 5.92 Å². The Morgan fingerprint density at radius 2 is 2.05 bits per heavy atom. The lowest BCUT2D eigenvalue weighted by molar-refractivity contribution is 0.361. The third-order valence-corrected chi connectivity index (χ3v) is 4.29. The third-order valence-electron chi connectivity index (χ3n) is 2.83. The predicted octanol–water partition coefficient (Wildman–Crippen LogP) is 4.71. The van der Waals surface area contributed by atoms with E-state index >= 15 is 0 Å². The van der Waals surface area contributed by atoms with Crippen LogP contribution in [0.15, 0.2) is 27.8 Å². The minimum Gasteiger partial charge on any atom is -0.414 e. The van der Waals surface area contributed by atoms with Gasteiger partial charge in [-0.2, -0.15) is 0 Å². The van der Waals surface area contributed by atoms with Gasteiger partial charge in [0.1, 0.15) is 0 Å². The van der Waals surface area contributed by atoms with Crippen molar-refractivity contribution in [1.82, 2.24) is 10.2 Å². The maximum atomic E-state index is 6.12. The van der Waals surface area contributed by atoms with E-state index in [9.17, 15) is 0 Å². The maximum absolute atomic E-state index is 6.12. The number of nitrogens with zero attached hydrogens (tertiary/aromatic N) is 2. The van der Waals surface area contributed by atoms with E-state index in [0.717, 1.165) is 12.0 Å². The number of hydrogen-bond acceptors (Lipinski definition) is 5. The first-order valence-corrected chi connectivity index (χ1v) is 8.35. The summed E-state index contributed by atoms with van der Waals surface area (Å²) in [7, 11) is 0. The molecule has 1 aromatic carbocycles. The molecule has 0 amide bonds. The molecule has 7 heteroatoms. The number of nitrogens with two attached hydrogens (primary N) is 1. The van der Waals surface area contributed by atoms with E-state index in [0.29, 0.717) is 32.8 Å². The van der Waals surface area contributed by atoms with Gasteiger partial charge in [0, 0.05) is 15.8 Å². The Hall–Kier alpha value is -0.750. The first kappa shape index (κ1) is 16.6. The summed E-state index contributed by atoms with van der Waals surface area (Å²) >= 11 is 13.4. The molecule has 1 heterocycles. The molecular weight excluding hydrogens is 329 g/mol. The monoisotopic (exact) mass is 345 g/mol. The van der Waals surface area contributed by atoms with Gasteiger partial charge in [0.15, 0.2) is 0 Å². The van der Waals surface area contributed by atoms with Crippen LogP contribution in [-0.4, -0.2) is 10.2 Å². The quantitative estimate of drug-likeness (QED) is 0.767. The number of halogens is 2. The van der Waals surface area contributed by atoms with Gasteiger partial charge in [0.05, 0.1) is 6.04 Å². The van der Waals surface area contributed by atoms with Crippen LogP contribution >= 0.6 is 35.0 Å². The summed E-state index contributed by atoms with van der Waals surface area (Å²) in [6.45, 7) is 4.21. The van der Waals surface area contributed by atoms with Crippen LogP contribution in [-0.2, 0) is 5.75 Å². The highest BCUT2D eigenvalue weighted by molar-refractivity contribution is 7.98. The van der Waals surface area contributed by atoms with E-state index in [2.05, 4.69) is 24.0 Å². The minimum absolute atomic E-state index is 0.217. The molecule has 0 aliphatic carbocycles. The van der Waals surface area contributed by atoms with Gasteiger partial charge in [0.25, 0.3) is 5.22 Å². The van der Waals surface area contributed by atoms with Gasteiger partial charge in [-0.3, -0.25) is 0 Å². The van der Waals surface area contributed by atoms with Crippen molar-refractivity contribution >= 4 is 35.0 Å². The predicted molar refractivity (Wildman–Crippen MR) is 86.7 cm³/mol. The Morgan fingerprint density at radius 3 is 2.71 bits per heavy atom. The zero-order valence-electron chi connectivity index (χ0n) is 11.8.